The molecule has 0 spiro atoms. The molecule has 0 bridgehead atoms. The summed E-state index contributed by atoms with van der Waals surface area (Å²) in [5.41, 5.74) is 3.77. The van der Waals surface area contributed by atoms with E-state index in [2.05, 4.69) is 17.1 Å². The van der Waals surface area contributed by atoms with E-state index in [9.17, 15) is 0 Å². The zero-order valence-corrected chi connectivity index (χ0v) is 14.2. The van der Waals surface area contributed by atoms with Crippen LogP contribution in [0.1, 0.15) is 11.4 Å². The molecule has 4 rings (SSSR count). The van der Waals surface area contributed by atoms with E-state index in [4.69, 9.17) is 28.2 Å². The number of benzene rings is 2. The van der Waals surface area contributed by atoms with E-state index in [0.29, 0.717) is 22.2 Å². The van der Waals surface area contributed by atoms with Gasteiger partial charge in [0, 0.05) is 18.8 Å². The molecule has 0 aliphatic rings. The maximum atomic E-state index is 6.40. The van der Waals surface area contributed by atoms with Crippen molar-refractivity contribution in [2.24, 2.45) is 0 Å². The Morgan fingerprint density at radius 2 is 1.50 bits per heavy atom. The van der Waals surface area contributed by atoms with Gasteiger partial charge in [-0.2, -0.15) is 0 Å². The quantitative estimate of drug-likeness (QED) is 0.499. The second-order valence-electron chi connectivity index (χ2n) is 5.47. The molecule has 3 nitrogen and oxygen atoms in total. The monoisotopic (exact) mass is 353 g/mol. The van der Waals surface area contributed by atoms with E-state index in [0.717, 1.165) is 16.9 Å². The summed E-state index contributed by atoms with van der Waals surface area (Å²) in [6.07, 6.45) is 3.89. The van der Waals surface area contributed by atoms with Crippen molar-refractivity contribution in [3.63, 3.8) is 0 Å². The van der Waals surface area contributed by atoms with E-state index in [1.165, 1.54) is 5.56 Å². The molecule has 0 N–H and O–H groups in total. The number of hydrogen-bond acceptors (Lipinski definition) is 2. The molecular formula is C19H13Cl2N3. The predicted octanol–water partition coefficient (Wildman–Crippen LogP) is 5.32. The lowest BCUT2D eigenvalue weighted by molar-refractivity contribution is 0.930. The van der Waals surface area contributed by atoms with Crippen molar-refractivity contribution in [3.05, 3.63) is 88.4 Å². The van der Waals surface area contributed by atoms with Gasteiger partial charge in [0.1, 0.15) is 5.82 Å². The first-order valence-electron chi connectivity index (χ1n) is 7.53. The summed E-state index contributed by atoms with van der Waals surface area (Å²) in [6.45, 7) is 0. The molecule has 0 saturated heterocycles. The van der Waals surface area contributed by atoms with Crippen molar-refractivity contribution in [2.45, 2.75) is 6.42 Å². The fourth-order valence-electron chi connectivity index (χ4n) is 2.84. The Hall–Kier alpha value is -2.36. The Bertz CT molecular complexity index is 989. The fourth-order valence-corrected chi connectivity index (χ4v) is 3.37. The molecule has 0 atom stereocenters. The van der Waals surface area contributed by atoms with Crippen molar-refractivity contribution in [1.82, 2.24) is 14.5 Å². The average Bonchev–Trinajstić information content (AvgIpc) is 2.94. The Kier molecular flexibility index (Phi) is 3.97. The molecule has 0 fully saturated rings. The molecule has 24 heavy (non-hydrogen) atoms. The van der Waals surface area contributed by atoms with E-state index in [-0.39, 0.29) is 0 Å². The second kappa shape index (κ2) is 6.27. The molecule has 0 radical (unpaired) electrons. The van der Waals surface area contributed by atoms with Crippen LogP contribution in [0.3, 0.4) is 0 Å². The van der Waals surface area contributed by atoms with E-state index < -0.39 is 0 Å². The van der Waals surface area contributed by atoms with Gasteiger partial charge in [0.15, 0.2) is 0 Å². The van der Waals surface area contributed by atoms with Crippen LogP contribution in [0.2, 0.25) is 10.0 Å². The third-order valence-electron chi connectivity index (χ3n) is 3.89. The first-order valence-corrected chi connectivity index (χ1v) is 8.29. The summed E-state index contributed by atoms with van der Waals surface area (Å²) in [5.74, 6) is 0.886. The van der Waals surface area contributed by atoms with Gasteiger partial charge >= 0.3 is 0 Å². The van der Waals surface area contributed by atoms with Crippen molar-refractivity contribution in [3.8, 4) is 5.69 Å². The van der Waals surface area contributed by atoms with Gasteiger partial charge in [-0.15, -0.1) is 0 Å². The number of fused-ring (bicyclic) bond motifs is 1. The number of hydrogen-bond donors (Lipinski definition) is 0. The second-order valence-corrected chi connectivity index (χ2v) is 6.28. The molecule has 118 valence electrons. The standard InChI is InChI=1S/C19H13Cl2N3/c20-14-11-22-12-15(21)19(14)24-17-9-5-4-8-16(17)23-18(24)10-13-6-2-1-3-7-13/h1-9,11-12H,10H2. The van der Waals surface area contributed by atoms with Crippen molar-refractivity contribution in [2.75, 3.05) is 0 Å². The Morgan fingerprint density at radius 1 is 0.833 bits per heavy atom. The van der Waals surface area contributed by atoms with Gasteiger partial charge in [0.25, 0.3) is 0 Å². The molecule has 2 aromatic heterocycles. The maximum absolute atomic E-state index is 6.40. The summed E-state index contributed by atoms with van der Waals surface area (Å²) >= 11 is 12.8. The van der Waals surface area contributed by atoms with Crippen LogP contribution < -0.4 is 0 Å². The van der Waals surface area contributed by atoms with Crippen molar-refractivity contribution < 1.29 is 0 Å². The van der Waals surface area contributed by atoms with Crippen LogP contribution in [0.25, 0.3) is 16.7 Å². The molecule has 2 aromatic carbocycles. The minimum absolute atomic E-state index is 0.500. The van der Waals surface area contributed by atoms with Crippen molar-refractivity contribution >= 4 is 34.2 Å². The topological polar surface area (TPSA) is 30.7 Å². The molecule has 5 heteroatoms. The summed E-state index contributed by atoms with van der Waals surface area (Å²) in [5, 5.41) is 1.000. The molecule has 2 heterocycles. The van der Waals surface area contributed by atoms with E-state index in [1.807, 2.05) is 47.0 Å². The maximum Gasteiger partial charge on any atom is 0.118 e. The summed E-state index contributed by atoms with van der Waals surface area (Å²) < 4.78 is 2.02. The van der Waals surface area contributed by atoms with Crippen molar-refractivity contribution in [1.29, 1.82) is 0 Å². The van der Waals surface area contributed by atoms with Gasteiger partial charge in [-0.25, -0.2) is 4.98 Å². The number of rotatable bonds is 3. The highest BCUT2D eigenvalue weighted by molar-refractivity contribution is 6.37. The molecule has 4 aromatic rings. The molecule has 0 saturated carbocycles. The third-order valence-corrected chi connectivity index (χ3v) is 4.44. The van der Waals surface area contributed by atoms with Gasteiger partial charge in [-0.3, -0.25) is 9.55 Å². The third kappa shape index (κ3) is 2.66. The Balaban J connectivity index is 1.97. The van der Waals surface area contributed by atoms with Crippen LogP contribution in [-0.2, 0) is 6.42 Å². The number of para-hydroxylation sites is 2. The highest BCUT2D eigenvalue weighted by Crippen LogP contribution is 2.32. The molecule has 0 amide bonds. The molecule has 0 unspecified atom stereocenters. The molecule has 0 aliphatic heterocycles. The Labute approximate surface area is 149 Å². The largest absolute Gasteiger partial charge is 0.293 e. The minimum atomic E-state index is 0.500. The van der Waals surface area contributed by atoms with E-state index >= 15 is 0 Å². The summed E-state index contributed by atoms with van der Waals surface area (Å²) in [7, 11) is 0. The van der Waals surface area contributed by atoms with Gasteiger partial charge in [0.2, 0.25) is 0 Å². The fraction of sp³-hybridized carbons (Fsp3) is 0.0526. The van der Waals surface area contributed by atoms with E-state index in [1.54, 1.807) is 12.4 Å². The molecular weight excluding hydrogens is 341 g/mol. The SMILES string of the molecule is Clc1cncc(Cl)c1-n1c(Cc2ccccc2)nc2ccccc21. The number of halogens is 2. The smallest absolute Gasteiger partial charge is 0.118 e. The van der Waals surface area contributed by atoms with Crippen LogP contribution in [0, 0.1) is 0 Å². The number of pyridine rings is 1. The zero-order valence-electron chi connectivity index (χ0n) is 12.7. The van der Waals surface area contributed by atoms with Gasteiger partial charge in [-0.05, 0) is 17.7 Å². The van der Waals surface area contributed by atoms with Crippen LogP contribution >= 0.6 is 23.2 Å². The zero-order chi connectivity index (χ0) is 16.5. The van der Waals surface area contributed by atoms with Crippen LogP contribution in [0.5, 0.6) is 0 Å². The first kappa shape index (κ1) is 15.2. The predicted molar refractivity (Wildman–Crippen MR) is 98.1 cm³/mol. The number of aromatic nitrogens is 3. The lowest BCUT2D eigenvalue weighted by atomic mass is 10.1. The summed E-state index contributed by atoms with van der Waals surface area (Å²) in [4.78, 5) is 8.84. The Morgan fingerprint density at radius 3 is 2.25 bits per heavy atom. The normalized spacial score (nSPS) is 11.1. The highest BCUT2D eigenvalue weighted by Gasteiger charge is 2.17. The summed E-state index contributed by atoms with van der Waals surface area (Å²) in [6, 6.07) is 18.2. The average molecular weight is 354 g/mol. The van der Waals surface area contributed by atoms with Gasteiger partial charge < -0.3 is 0 Å². The van der Waals surface area contributed by atoms with Gasteiger partial charge in [0.05, 0.1) is 26.8 Å². The minimum Gasteiger partial charge on any atom is -0.293 e. The lowest BCUT2D eigenvalue weighted by Crippen LogP contribution is -2.04. The molecule has 0 aliphatic carbocycles. The van der Waals surface area contributed by atoms with Crippen LogP contribution in [-0.4, -0.2) is 14.5 Å². The van der Waals surface area contributed by atoms with Crippen LogP contribution in [0.4, 0.5) is 0 Å². The first-order chi connectivity index (χ1) is 11.7. The lowest BCUT2D eigenvalue weighted by Gasteiger charge is -2.12. The van der Waals surface area contributed by atoms with Crippen LogP contribution in [0.15, 0.2) is 67.0 Å². The number of imidazole rings is 1. The number of nitrogens with zero attached hydrogens (tertiary/aromatic N) is 3. The van der Waals surface area contributed by atoms with Gasteiger partial charge in [-0.1, -0.05) is 65.7 Å². The highest BCUT2D eigenvalue weighted by atomic mass is 35.5.